The number of nitrogens with zero attached hydrogens (tertiary/aromatic N) is 1. The molecule has 1 aromatic rings. The third kappa shape index (κ3) is 8.62. The van der Waals surface area contributed by atoms with Gasteiger partial charge in [-0.1, -0.05) is 39.0 Å². The summed E-state index contributed by atoms with van der Waals surface area (Å²) in [5, 5.41) is 7.78. The molecule has 3 N–H and O–H groups in total. The molecule has 0 radical (unpaired) electrons. The van der Waals surface area contributed by atoms with Crippen LogP contribution in [-0.2, 0) is 9.59 Å². The Morgan fingerprint density at radius 2 is 1.73 bits per heavy atom. The van der Waals surface area contributed by atoms with Crippen molar-refractivity contribution < 1.29 is 14.4 Å². The van der Waals surface area contributed by atoms with Crippen LogP contribution in [0.4, 0.5) is 10.5 Å². The number of benzene rings is 1. The van der Waals surface area contributed by atoms with E-state index in [0.29, 0.717) is 19.0 Å². The lowest BCUT2D eigenvalue weighted by molar-refractivity contribution is -0.122. The number of carbonyl (C=O) groups is 3. The Balaban J connectivity index is 2.51. The third-order valence-corrected chi connectivity index (χ3v) is 3.62. The van der Waals surface area contributed by atoms with Crippen molar-refractivity contribution in [2.45, 2.75) is 34.1 Å². The molecule has 0 saturated carbocycles. The van der Waals surface area contributed by atoms with E-state index in [1.165, 1.54) is 0 Å². The van der Waals surface area contributed by atoms with Crippen molar-refractivity contribution >= 4 is 23.5 Å². The van der Waals surface area contributed by atoms with Gasteiger partial charge in [0.25, 0.3) is 0 Å². The summed E-state index contributed by atoms with van der Waals surface area (Å²) in [5.41, 5.74) is 1.73. The minimum atomic E-state index is -0.510. The van der Waals surface area contributed by atoms with Crippen molar-refractivity contribution in [2.75, 3.05) is 31.5 Å². The van der Waals surface area contributed by atoms with Crippen molar-refractivity contribution in [2.24, 2.45) is 5.92 Å². The number of rotatable bonds is 9. The van der Waals surface area contributed by atoms with E-state index in [0.717, 1.165) is 17.7 Å². The Labute approximate surface area is 155 Å². The fourth-order valence-electron chi connectivity index (χ4n) is 2.35. The standard InChI is InChI=1S/C19H30N4O3/c1-5-10-23(13-18(25)22-19(26)20-11-14(2)3)12-17(24)21-16-9-7-6-8-15(16)4/h6-9,14H,5,10-13H2,1-4H3,(H,21,24)(H2,20,22,25,26). The first-order valence-electron chi connectivity index (χ1n) is 8.97. The maximum Gasteiger partial charge on any atom is 0.321 e. The topological polar surface area (TPSA) is 90.5 Å². The summed E-state index contributed by atoms with van der Waals surface area (Å²) in [6, 6.07) is 7.01. The number of nitrogens with one attached hydrogen (secondary N) is 3. The van der Waals surface area contributed by atoms with Gasteiger partial charge in [0, 0.05) is 12.2 Å². The summed E-state index contributed by atoms with van der Waals surface area (Å²) in [7, 11) is 0. The van der Waals surface area contributed by atoms with E-state index in [1.54, 1.807) is 4.90 Å². The van der Waals surface area contributed by atoms with Gasteiger partial charge < -0.3 is 10.6 Å². The Morgan fingerprint density at radius 1 is 1.08 bits per heavy atom. The number of imide groups is 1. The van der Waals surface area contributed by atoms with E-state index in [-0.39, 0.29) is 19.0 Å². The quantitative estimate of drug-likeness (QED) is 0.628. The Kier molecular flexibility index (Phi) is 9.36. The van der Waals surface area contributed by atoms with Gasteiger partial charge in [0.05, 0.1) is 13.1 Å². The van der Waals surface area contributed by atoms with Crippen molar-refractivity contribution in [3.05, 3.63) is 29.8 Å². The molecule has 0 saturated heterocycles. The minimum absolute atomic E-state index is 0.00979. The van der Waals surface area contributed by atoms with Gasteiger partial charge in [0.2, 0.25) is 11.8 Å². The number of para-hydroxylation sites is 1. The van der Waals surface area contributed by atoms with Gasteiger partial charge >= 0.3 is 6.03 Å². The molecule has 1 rings (SSSR count). The molecule has 0 aromatic heterocycles. The number of anilines is 1. The fourth-order valence-corrected chi connectivity index (χ4v) is 2.35. The van der Waals surface area contributed by atoms with Crippen LogP contribution < -0.4 is 16.0 Å². The zero-order valence-corrected chi connectivity index (χ0v) is 16.1. The highest BCUT2D eigenvalue weighted by atomic mass is 16.2. The number of hydrogen-bond donors (Lipinski definition) is 3. The molecule has 0 aliphatic heterocycles. The van der Waals surface area contributed by atoms with Gasteiger partial charge in [0.1, 0.15) is 0 Å². The van der Waals surface area contributed by atoms with Crippen LogP contribution >= 0.6 is 0 Å². The molecule has 0 aliphatic carbocycles. The lowest BCUT2D eigenvalue weighted by Gasteiger charge is -2.20. The van der Waals surface area contributed by atoms with E-state index in [4.69, 9.17) is 0 Å². The van der Waals surface area contributed by atoms with Crippen molar-refractivity contribution in [3.63, 3.8) is 0 Å². The Bertz CT molecular complexity index is 617. The van der Waals surface area contributed by atoms with Crippen LogP contribution in [0.1, 0.15) is 32.8 Å². The first-order chi connectivity index (χ1) is 12.3. The summed E-state index contributed by atoms with van der Waals surface area (Å²) in [6.45, 7) is 8.99. The molecule has 0 spiro atoms. The molecular formula is C19H30N4O3. The highest BCUT2D eigenvalue weighted by Crippen LogP contribution is 2.12. The van der Waals surface area contributed by atoms with Crippen molar-refractivity contribution in [3.8, 4) is 0 Å². The molecular weight excluding hydrogens is 332 g/mol. The van der Waals surface area contributed by atoms with Gasteiger partial charge in [-0.3, -0.25) is 19.8 Å². The molecule has 26 heavy (non-hydrogen) atoms. The average molecular weight is 362 g/mol. The number of amides is 4. The molecule has 0 bridgehead atoms. The molecule has 0 atom stereocenters. The largest absolute Gasteiger partial charge is 0.338 e. The van der Waals surface area contributed by atoms with E-state index >= 15 is 0 Å². The van der Waals surface area contributed by atoms with Crippen LogP contribution in [0.15, 0.2) is 24.3 Å². The van der Waals surface area contributed by atoms with E-state index in [2.05, 4.69) is 16.0 Å². The molecule has 0 fully saturated rings. The summed E-state index contributed by atoms with van der Waals surface area (Å²) in [6.07, 6.45) is 0.796. The lowest BCUT2D eigenvalue weighted by atomic mass is 10.2. The molecule has 0 aliphatic rings. The van der Waals surface area contributed by atoms with Crippen LogP contribution in [0.3, 0.4) is 0 Å². The number of hydrogen-bond acceptors (Lipinski definition) is 4. The molecule has 144 valence electrons. The van der Waals surface area contributed by atoms with Crippen LogP contribution in [0.25, 0.3) is 0 Å². The zero-order chi connectivity index (χ0) is 19.5. The Morgan fingerprint density at radius 3 is 2.35 bits per heavy atom. The zero-order valence-electron chi connectivity index (χ0n) is 16.1. The fraction of sp³-hybridized carbons (Fsp3) is 0.526. The molecule has 0 unspecified atom stereocenters. The average Bonchev–Trinajstić information content (AvgIpc) is 2.55. The second-order valence-corrected chi connectivity index (χ2v) is 6.73. The maximum atomic E-state index is 12.3. The SMILES string of the molecule is CCCN(CC(=O)NC(=O)NCC(C)C)CC(=O)Nc1ccccc1C. The second-order valence-electron chi connectivity index (χ2n) is 6.73. The number of aryl methyl sites for hydroxylation is 1. The van der Waals surface area contributed by atoms with Crippen LogP contribution in [0.2, 0.25) is 0 Å². The molecule has 7 heteroatoms. The summed E-state index contributed by atoms with van der Waals surface area (Å²) in [4.78, 5) is 37.7. The molecule has 1 aromatic carbocycles. The lowest BCUT2D eigenvalue weighted by Crippen LogP contribution is -2.46. The minimum Gasteiger partial charge on any atom is -0.338 e. The monoisotopic (exact) mass is 362 g/mol. The van der Waals surface area contributed by atoms with Crippen molar-refractivity contribution in [1.29, 1.82) is 0 Å². The number of urea groups is 1. The van der Waals surface area contributed by atoms with Gasteiger partial charge in [-0.2, -0.15) is 0 Å². The van der Waals surface area contributed by atoms with Crippen molar-refractivity contribution in [1.82, 2.24) is 15.5 Å². The first kappa shape index (κ1) is 21.6. The van der Waals surface area contributed by atoms with Gasteiger partial charge in [-0.25, -0.2) is 4.79 Å². The van der Waals surface area contributed by atoms with Gasteiger partial charge in [0.15, 0.2) is 0 Å². The highest BCUT2D eigenvalue weighted by molar-refractivity contribution is 5.96. The summed E-state index contributed by atoms with van der Waals surface area (Å²) in [5.74, 6) is -0.314. The first-order valence-corrected chi connectivity index (χ1v) is 8.97. The van der Waals surface area contributed by atoms with Crippen LogP contribution in [-0.4, -0.2) is 48.9 Å². The normalized spacial score (nSPS) is 10.7. The summed E-state index contributed by atoms with van der Waals surface area (Å²) >= 11 is 0. The van der Waals surface area contributed by atoms with Crippen LogP contribution in [0, 0.1) is 12.8 Å². The maximum absolute atomic E-state index is 12.3. The number of carbonyl (C=O) groups excluding carboxylic acids is 3. The smallest absolute Gasteiger partial charge is 0.321 e. The molecule has 4 amide bonds. The Hall–Kier alpha value is -2.41. The van der Waals surface area contributed by atoms with E-state index in [9.17, 15) is 14.4 Å². The second kappa shape index (κ2) is 11.3. The van der Waals surface area contributed by atoms with Gasteiger partial charge in [-0.15, -0.1) is 0 Å². The van der Waals surface area contributed by atoms with Gasteiger partial charge in [-0.05, 0) is 37.4 Å². The predicted octanol–water partition coefficient (Wildman–Crippen LogP) is 2.13. The predicted molar refractivity (Wildman–Crippen MR) is 103 cm³/mol. The highest BCUT2D eigenvalue weighted by Gasteiger charge is 2.16. The molecule has 0 heterocycles. The molecule has 7 nitrogen and oxygen atoms in total. The third-order valence-electron chi connectivity index (χ3n) is 3.62. The van der Waals surface area contributed by atoms with Crippen LogP contribution in [0.5, 0.6) is 0 Å². The van der Waals surface area contributed by atoms with E-state index < -0.39 is 11.9 Å². The summed E-state index contributed by atoms with van der Waals surface area (Å²) < 4.78 is 0. The van der Waals surface area contributed by atoms with E-state index in [1.807, 2.05) is 52.0 Å².